The molecule has 0 fully saturated rings. The molecule has 0 amide bonds. The van der Waals surface area contributed by atoms with Crippen LogP contribution in [0.1, 0.15) is 84.5 Å². The van der Waals surface area contributed by atoms with Gasteiger partial charge in [-0.05, 0) is 43.5 Å². The van der Waals surface area contributed by atoms with Gasteiger partial charge in [-0.25, -0.2) is 4.57 Å². The van der Waals surface area contributed by atoms with Crippen LogP contribution in [0.5, 0.6) is 11.5 Å². The van der Waals surface area contributed by atoms with Gasteiger partial charge in [0.2, 0.25) is 0 Å². The number of benzene rings is 2. The number of phosphoric acid groups is 1. The van der Waals surface area contributed by atoms with Gasteiger partial charge in [-0.15, -0.1) is 0 Å². The molecule has 0 atom stereocenters. The highest BCUT2D eigenvalue weighted by molar-refractivity contribution is 7.46. The first kappa shape index (κ1) is 31.2. The average molecular weight is 506 g/mol. The Bertz CT molecular complexity index is 753. The molecule has 0 saturated carbocycles. The van der Waals surface area contributed by atoms with E-state index in [-0.39, 0.29) is 11.5 Å². The van der Waals surface area contributed by atoms with Gasteiger partial charge >= 0.3 is 7.82 Å². The molecule has 0 aliphatic carbocycles. The summed E-state index contributed by atoms with van der Waals surface area (Å²) in [6.07, 6.45) is 15.8. The van der Waals surface area contributed by atoms with Crippen LogP contribution in [-0.4, -0.2) is 31.7 Å². The number of phosphoric ester groups is 1. The normalized spacial score (nSPS) is 11.5. The lowest BCUT2D eigenvalue weighted by Crippen LogP contribution is -2.40. The fourth-order valence-corrected chi connectivity index (χ4v) is 4.78. The zero-order chi connectivity index (χ0) is 25.8. The Morgan fingerprint density at radius 1 is 0.629 bits per heavy atom. The summed E-state index contributed by atoms with van der Waals surface area (Å²) in [7, 11) is 0.358. The first-order chi connectivity index (χ1) is 16.8. The van der Waals surface area contributed by atoms with Crippen molar-refractivity contribution in [2.24, 2.45) is 0 Å². The van der Waals surface area contributed by atoms with Crippen molar-refractivity contribution >= 4 is 7.82 Å². The smallest absolute Gasteiger partial charge is 0.372 e. The molecule has 5 nitrogen and oxygen atoms in total. The van der Waals surface area contributed by atoms with E-state index in [1.165, 1.54) is 88.2 Å². The predicted molar refractivity (Wildman–Crippen MR) is 146 cm³/mol. The number of unbranched alkanes of at least 4 members (excludes halogenated alkanes) is 9. The minimum atomic E-state index is -4.39. The zero-order valence-electron chi connectivity index (χ0n) is 22.5. The van der Waals surface area contributed by atoms with Crippen molar-refractivity contribution in [2.75, 3.05) is 27.2 Å². The third-order valence-corrected chi connectivity index (χ3v) is 6.74. The van der Waals surface area contributed by atoms with Gasteiger partial charge in [-0.2, -0.15) is 0 Å². The Kier molecular flexibility index (Phi) is 16.5. The Hall–Kier alpha value is -1.81. The van der Waals surface area contributed by atoms with E-state index in [0.717, 1.165) is 0 Å². The van der Waals surface area contributed by atoms with Crippen LogP contribution < -0.4 is 13.9 Å². The number of para-hydroxylation sites is 2. The molecule has 0 aliphatic heterocycles. The van der Waals surface area contributed by atoms with E-state index in [0.29, 0.717) is 0 Å². The Labute approximate surface area is 214 Å². The number of quaternary nitrogens is 1. The maximum atomic E-state index is 11.6. The highest BCUT2D eigenvalue weighted by Crippen LogP contribution is 2.40. The second kappa shape index (κ2) is 18.5. The quantitative estimate of drug-likeness (QED) is 0.124. The second-order valence-corrected chi connectivity index (χ2v) is 11.1. The van der Waals surface area contributed by atoms with Gasteiger partial charge in [-0.1, -0.05) is 102 Å². The van der Waals surface area contributed by atoms with Crippen molar-refractivity contribution in [3.05, 3.63) is 60.7 Å². The van der Waals surface area contributed by atoms with E-state index in [9.17, 15) is 9.46 Å². The van der Waals surface area contributed by atoms with Gasteiger partial charge in [0.15, 0.2) is 0 Å². The summed E-state index contributed by atoms with van der Waals surface area (Å²) in [5.41, 5.74) is 0. The molecule has 0 bridgehead atoms. The molecule has 2 aromatic rings. The molecule has 35 heavy (non-hydrogen) atoms. The molecule has 2 rings (SSSR count). The summed E-state index contributed by atoms with van der Waals surface area (Å²) in [6, 6.07) is 16.4. The SMILES string of the molecule is CCCCCCCCCCCC[N+](C)(C)CCC.O=P([O-])(Oc1ccccc1)Oc1ccccc1. The van der Waals surface area contributed by atoms with Gasteiger partial charge in [0.05, 0.1) is 27.2 Å². The fraction of sp³-hybridized carbons (Fsp3) is 0.586. The third-order valence-electron chi connectivity index (χ3n) is 5.87. The third kappa shape index (κ3) is 17.3. The molecule has 6 heteroatoms. The van der Waals surface area contributed by atoms with Gasteiger partial charge in [0.1, 0.15) is 11.5 Å². The average Bonchev–Trinajstić information content (AvgIpc) is 2.81. The topological polar surface area (TPSA) is 58.6 Å². The molecular weight excluding hydrogens is 457 g/mol. The molecule has 0 unspecified atom stereocenters. The number of hydrogen-bond donors (Lipinski definition) is 0. The minimum absolute atomic E-state index is 0.224. The van der Waals surface area contributed by atoms with E-state index >= 15 is 0 Å². The number of hydrogen-bond acceptors (Lipinski definition) is 4. The summed E-state index contributed by atoms with van der Waals surface area (Å²) in [5, 5.41) is 0. The first-order valence-electron chi connectivity index (χ1n) is 13.4. The molecule has 0 saturated heterocycles. The van der Waals surface area contributed by atoms with Gasteiger partial charge < -0.3 is 18.4 Å². The molecule has 0 aromatic heterocycles. The number of nitrogens with zero attached hydrogens (tertiary/aromatic N) is 1. The number of rotatable bonds is 17. The highest BCUT2D eigenvalue weighted by Gasteiger charge is 2.13. The van der Waals surface area contributed by atoms with E-state index < -0.39 is 7.82 Å². The van der Waals surface area contributed by atoms with Gasteiger partial charge in [0, 0.05) is 0 Å². The lowest BCUT2D eigenvalue weighted by molar-refractivity contribution is -0.890. The monoisotopic (exact) mass is 505 g/mol. The van der Waals surface area contributed by atoms with Crippen molar-refractivity contribution in [2.45, 2.75) is 84.5 Å². The first-order valence-corrected chi connectivity index (χ1v) is 14.9. The largest absolute Gasteiger partial charge is 0.736 e. The summed E-state index contributed by atoms with van der Waals surface area (Å²) < 4.78 is 22.3. The Balaban J connectivity index is 0.000000350. The zero-order valence-corrected chi connectivity index (χ0v) is 23.4. The molecule has 0 heterocycles. The van der Waals surface area contributed by atoms with Crippen LogP contribution in [0.3, 0.4) is 0 Å². The van der Waals surface area contributed by atoms with Crippen LogP contribution in [-0.2, 0) is 4.57 Å². The van der Waals surface area contributed by atoms with Crippen molar-refractivity contribution < 1.29 is 23.0 Å². The molecule has 0 aliphatic rings. The van der Waals surface area contributed by atoms with Crippen LogP contribution in [0.25, 0.3) is 0 Å². The lowest BCUT2D eigenvalue weighted by atomic mass is 10.1. The van der Waals surface area contributed by atoms with E-state index in [1.54, 1.807) is 60.7 Å². The van der Waals surface area contributed by atoms with Crippen LogP contribution in [0.15, 0.2) is 60.7 Å². The summed E-state index contributed by atoms with van der Waals surface area (Å²) in [6.45, 7) is 7.28. The van der Waals surface area contributed by atoms with Gasteiger partial charge in [0.25, 0.3) is 0 Å². The van der Waals surface area contributed by atoms with Crippen molar-refractivity contribution in [3.63, 3.8) is 0 Å². The summed E-state index contributed by atoms with van der Waals surface area (Å²) in [4.78, 5) is 11.6. The minimum Gasteiger partial charge on any atom is -0.736 e. The Morgan fingerprint density at radius 2 is 1.03 bits per heavy atom. The van der Waals surface area contributed by atoms with Crippen molar-refractivity contribution in [1.82, 2.24) is 0 Å². The molecule has 0 N–H and O–H groups in total. The molecule has 0 spiro atoms. The lowest BCUT2D eigenvalue weighted by Gasteiger charge is -2.29. The molecule has 0 radical (unpaired) electrons. The van der Waals surface area contributed by atoms with Crippen molar-refractivity contribution in [3.8, 4) is 11.5 Å². The maximum absolute atomic E-state index is 11.6. The second-order valence-electron chi connectivity index (χ2n) is 9.82. The van der Waals surface area contributed by atoms with E-state index in [2.05, 4.69) is 27.9 Å². The molecule has 198 valence electrons. The van der Waals surface area contributed by atoms with Crippen LogP contribution >= 0.6 is 7.82 Å². The highest BCUT2D eigenvalue weighted by atomic mass is 31.2. The summed E-state index contributed by atoms with van der Waals surface area (Å²) >= 11 is 0. The van der Waals surface area contributed by atoms with E-state index in [4.69, 9.17) is 9.05 Å². The van der Waals surface area contributed by atoms with E-state index in [1.807, 2.05) is 0 Å². The maximum Gasteiger partial charge on any atom is 0.372 e. The van der Waals surface area contributed by atoms with Gasteiger partial charge in [-0.3, -0.25) is 0 Å². The van der Waals surface area contributed by atoms with Crippen molar-refractivity contribution in [1.29, 1.82) is 0 Å². The van der Waals surface area contributed by atoms with Crippen LogP contribution in [0, 0.1) is 0 Å². The molecular formula is C29H48NO4P. The van der Waals surface area contributed by atoms with Crippen LogP contribution in [0.2, 0.25) is 0 Å². The standard InChI is InChI=1S/C17H38N.C12H11O4P/c1-5-7-8-9-10-11-12-13-14-15-17-18(3,4)16-6-2;13-17(14,15-11-7-3-1-4-8-11)16-12-9-5-2-6-10-12/h5-17H2,1-4H3;1-10H,(H,13,14)/q+1;/p-1. The predicted octanol–water partition coefficient (Wildman–Crippen LogP) is 8.01. The fourth-order valence-electron chi connectivity index (χ4n) is 3.98. The molecule has 2 aromatic carbocycles. The Morgan fingerprint density at radius 3 is 1.43 bits per heavy atom. The summed E-state index contributed by atoms with van der Waals surface area (Å²) in [5.74, 6) is 0.448. The van der Waals surface area contributed by atoms with Crippen LogP contribution in [0.4, 0.5) is 0 Å².